The highest BCUT2D eigenvalue weighted by atomic mass is 79.9. The maximum atomic E-state index is 3.83. The van der Waals surface area contributed by atoms with E-state index in [0.29, 0.717) is 9.74 Å². The summed E-state index contributed by atoms with van der Waals surface area (Å²) in [6, 6.07) is 10.9. The molecule has 3 fully saturated rings. The van der Waals surface area contributed by atoms with Crippen LogP contribution in [0.25, 0.3) is 0 Å². The molecule has 0 unspecified atom stereocenters. The fourth-order valence-electron chi connectivity index (χ4n) is 3.03. The lowest BCUT2D eigenvalue weighted by Crippen LogP contribution is -2.65. The number of benzene rings is 1. The molecule has 0 amide bonds. The number of alkyl halides is 1. The van der Waals surface area contributed by atoms with Gasteiger partial charge in [0.25, 0.3) is 0 Å². The van der Waals surface area contributed by atoms with E-state index in [-0.39, 0.29) is 12.4 Å². The van der Waals surface area contributed by atoms with E-state index in [0.717, 1.165) is 13.1 Å². The quantitative estimate of drug-likeness (QED) is 0.784. The van der Waals surface area contributed by atoms with E-state index in [9.17, 15) is 0 Å². The van der Waals surface area contributed by atoms with Gasteiger partial charge in [-0.1, -0.05) is 46.3 Å². The standard InChI is InChI=1S/C12H14BrN.ClH/c13-12-6-11(7-12,8-14-9-12)10-4-2-1-3-5-10;/h1-5,14H,6-9H2;1H. The van der Waals surface area contributed by atoms with Crippen LogP contribution in [0.5, 0.6) is 0 Å². The van der Waals surface area contributed by atoms with Gasteiger partial charge < -0.3 is 5.32 Å². The Morgan fingerprint density at radius 3 is 2.33 bits per heavy atom. The van der Waals surface area contributed by atoms with Crippen molar-refractivity contribution in [2.24, 2.45) is 0 Å². The number of hydrogen-bond acceptors (Lipinski definition) is 1. The zero-order chi connectivity index (χ0) is 9.65. The lowest BCUT2D eigenvalue weighted by atomic mass is 9.56. The first-order valence-electron chi connectivity index (χ1n) is 5.18. The molecule has 2 heterocycles. The second-order valence-corrected chi connectivity index (χ2v) is 6.44. The summed E-state index contributed by atoms with van der Waals surface area (Å²) in [6.45, 7) is 2.27. The zero-order valence-corrected chi connectivity index (χ0v) is 10.9. The summed E-state index contributed by atoms with van der Waals surface area (Å²) in [5, 5.41) is 3.52. The second-order valence-electron chi connectivity index (χ2n) is 4.75. The van der Waals surface area contributed by atoms with Gasteiger partial charge in [-0.2, -0.15) is 0 Å². The van der Waals surface area contributed by atoms with E-state index >= 15 is 0 Å². The van der Waals surface area contributed by atoms with Crippen LogP contribution in [0.2, 0.25) is 0 Å². The molecule has 3 aliphatic rings. The van der Waals surface area contributed by atoms with Crippen LogP contribution in [0.15, 0.2) is 30.3 Å². The summed E-state index contributed by atoms with van der Waals surface area (Å²) in [4.78, 5) is 0. The third-order valence-corrected chi connectivity index (χ3v) is 4.44. The Bertz CT molecular complexity index is 346. The minimum absolute atomic E-state index is 0. The normalized spacial score (nSPS) is 37.7. The summed E-state index contributed by atoms with van der Waals surface area (Å²) in [7, 11) is 0. The smallest absolute Gasteiger partial charge is 0.0400 e. The molecule has 0 radical (unpaired) electrons. The van der Waals surface area contributed by atoms with Crippen LogP contribution in [0.3, 0.4) is 0 Å². The number of halogens is 2. The van der Waals surface area contributed by atoms with E-state index in [4.69, 9.17) is 0 Å². The van der Waals surface area contributed by atoms with Crippen molar-refractivity contribution in [1.82, 2.24) is 5.32 Å². The molecule has 1 nitrogen and oxygen atoms in total. The van der Waals surface area contributed by atoms with Crippen LogP contribution in [0.4, 0.5) is 0 Å². The fraction of sp³-hybridized carbons (Fsp3) is 0.500. The Kier molecular flexibility index (Phi) is 2.87. The van der Waals surface area contributed by atoms with Crippen molar-refractivity contribution in [3.63, 3.8) is 0 Å². The molecule has 1 aromatic rings. The monoisotopic (exact) mass is 287 g/mol. The number of fused-ring (bicyclic) bond motifs is 2. The Labute approximate surface area is 105 Å². The van der Waals surface area contributed by atoms with Crippen LogP contribution < -0.4 is 5.32 Å². The molecule has 3 heteroatoms. The first kappa shape index (κ1) is 11.4. The van der Waals surface area contributed by atoms with Crippen molar-refractivity contribution in [1.29, 1.82) is 0 Å². The van der Waals surface area contributed by atoms with E-state index in [1.165, 1.54) is 18.4 Å². The van der Waals surface area contributed by atoms with E-state index in [2.05, 4.69) is 51.6 Å². The molecule has 1 aromatic carbocycles. The highest BCUT2D eigenvalue weighted by Crippen LogP contribution is 2.56. The highest BCUT2D eigenvalue weighted by molar-refractivity contribution is 9.10. The predicted octanol–water partition coefficient (Wildman–Crippen LogP) is 2.88. The molecule has 0 aromatic heterocycles. The van der Waals surface area contributed by atoms with E-state index < -0.39 is 0 Å². The van der Waals surface area contributed by atoms with Gasteiger partial charge in [0.2, 0.25) is 0 Å². The Morgan fingerprint density at radius 2 is 1.73 bits per heavy atom. The number of nitrogens with one attached hydrogen (secondary N) is 1. The topological polar surface area (TPSA) is 12.0 Å². The molecule has 1 N–H and O–H groups in total. The van der Waals surface area contributed by atoms with E-state index in [1.807, 2.05) is 0 Å². The van der Waals surface area contributed by atoms with Crippen LogP contribution in [-0.4, -0.2) is 17.4 Å². The third kappa shape index (κ3) is 1.73. The van der Waals surface area contributed by atoms with Gasteiger partial charge >= 0.3 is 0 Å². The summed E-state index contributed by atoms with van der Waals surface area (Å²) in [5.74, 6) is 0. The molecule has 0 atom stereocenters. The molecular weight excluding hydrogens is 273 g/mol. The number of piperidine rings is 2. The van der Waals surface area contributed by atoms with Crippen molar-refractivity contribution in [2.45, 2.75) is 22.6 Å². The second kappa shape index (κ2) is 3.76. The van der Waals surface area contributed by atoms with Crippen molar-refractivity contribution in [3.05, 3.63) is 35.9 Å². The maximum Gasteiger partial charge on any atom is 0.0400 e. The molecule has 4 rings (SSSR count). The molecule has 2 saturated heterocycles. The SMILES string of the molecule is BrC12CNCC(c3ccccc3)(C1)C2.Cl. The summed E-state index contributed by atoms with van der Waals surface area (Å²) in [5.41, 5.74) is 1.92. The van der Waals surface area contributed by atoms with Crippen LogP contribution >= 0.6 is 28.3 Å². The van der Waals surface area contributed by atoms with Crippen molar-refractivity contribution in [3.8, 4) is 0 Å². The molecule has 2 aliphatic heterocycles. The Hall–Kier alpha value is -0.0500. The maximum absolute atomic E-state index is 3.83. The molecule has 82 valence electrons. The average Bonchev–Trinajstić information content (AvgIpc) is 2.18. The molecule has 0 spiro atoms. The van der Waals surface area contributed by atoms with Crippen molar-refractivity contribution in [2.75, 3.05) is 13.1 Å². The molecule has 15 heavy (non-hydrogen) atoms. The summed E-state index contributed by atoms with van der Waals surface area (Å²) >= 11 is 3.83. The first-order valence-corrected chi connectivity index (χ1v) is 5.97. The van der Waals surface area contributed by atoms with Gasteiger partial charge in [0.15, 0.2) is 0 Å². The highest BCUT2D eigenvalue weighted by Gasteiger charge is 2.56. The molecule has 1 saturated carbocycles. The lowest BCUT2D eigenvalue weighted by molar-refractivity contribution is 0.124. The van der Waals surface area contributed by atoms with Gasteiger partial charge in [-0.15, -0.1) is 12.4 Å². The number of rotatable bonds is 1. The van der Waals surface area contributed by atoms with Crippen LogP contribution in [0, 0.1) is 0 Å². The first-order chi connectivity index (χ1) is 6.73. The van der Waals surface area contributed by atoms with Crippen LogP contribution in [-0.2, 0) is 5.41 Å². The third-order valence-electron chi connectivity index (χ3n) is 3.60. The lowest BCUT2D eigenvalue weighted by Gasteiger charge is -2.58. The Morgan fingerprint density at radius 1 is 1.07 bits per heavy atom. The van der Waals surface area contributed by atoms with Gasteiger partial charge in [0.1, 0.15) is 0 Å². The van der Waals surface area contributed by atoms with E-state index in [1.54, 1.807) is 0 Å². The Balaban J connectivity index is 0.000000853. The molecule has 2 bridgehead atoms. The van der Waals surface area contributed by atoms with Gasteiger partial charge in [0.05, 0.1) is 0 Å². The minimum atomic E-state index is 0. The summed E-state index contributed by atoms with van der Waals surface area (Å²) < 4.78 is 0.390. The molecular formula is C12H15BrClN. The van der Waals surface area contributed by atoms with Gasteiger partial charge in [-0.25, -0.2) is 0 Å². The average molecular weight is 289 g/mol. The van der Waals surface area contributed by atoms with Gasteiger partial charge in [-0.05, 0) is 18.4 Å². The largest absolute Gasteiger partial charge is 0.314 e. The predicted molar refractivity (Wildman–Crippen MR) is 69.1 cm³/mol. The number of hydrogen-bond donors (Lipinski definition) is 1. The molecule has 1 aliphatic carbocycles. The van der Waals surface area contributed by atoms with Crippen LogP contribution in [0.1, 0.15) is 18.4 Å². The van der Waals surface area contributed by atoms with Crippen molar-refractivity contribution >= 4 is 28.3 Å². The fourth-order valence-corrected chi connectivity index (χ4v) is 4.31. The zero-order valence-electron chi connectivity index (χ0n) is 8.50. The summed E-state index contributed by atoms with van der Waals surface area (Å²) in [6.07, 6.45) is 2.58. The minimum Gasteiger partial charge on any atom is -0.314 e. The van der Waals surface area contributed by atoms with Gasteiger partial charge in [0, 0.05) is 22.8 Å². The van der Waals surface area contributed by atoms with Gasteiger partial charge in [-0.3, -0.25) is 0 Å². The van der Waals surface area contributed by atoms with Crippen molar-refractivity contribution < 1.29 is 0 Å².